The number of nitro benzene ring substituents is 1. The molecule has 18 heteroatoms. The fourth-order valence-electron chi connectivity index (χ4n) is 4.59. The fourth-order valence-corrected chi connectivity index (χ4v) is 4.59. The highest BCUT2D eigenvalue weighted by molar-refractivity contribution is 6.47. The molecule has 0 aromatic heterocycles. The van der Waals surface area contributed by atoms with Crippen LogP contribution in [0.25, 0.3) is 0 Å². The number of phenols is 1. The molecule has 0 radical (unpaired) electrons. The number of nitrogens with one attached hydrogen (secondary N) is 2. The van der Waals surface area contributed by atoms with Crippen molar-refractivity contribution >= 4 is 42.5 Å². The van der Waals surface area contributed by atoms with Gasteiger partial charge in [0.25, 0.3) is 0 Å². The second kappa shape index (κ2) is 12.1. The molecule has 42 heavy (non-hydrogen) atoms. The monoisotopic (exact) mass is 584 g/mol. The number of carboxylic acid groups (broad SMARTS) is 1. The van der Waals surface area contributed by atoms with Crippen LogP contribution in [-0.4, -0.2) is 98.9 Å². The SMILES string of the molecule is NCCN1CCN(C(=O)N[C@H](C(=O)N[C@H]2Cc3cccc(C(=O)O)c3OB2O)c2ccc(O)c([N+](=O)[O-])c2)C(=O)C1=O. The summed E-state index contributed by atoms with van der Waals surface area (Å²) in [6, 6.07) is 4.28. The van der Waals surface area contributed by atoms with Gasteiger partial charge in [-0.2, -0.15) is 0 Å². The zero-order chi connectivity index (χ0) is 30.7. The second-order valence-electron chi connectivity index (χ2n) is 9.35. The lowest BCUT2D eigenvalue weighted by atomic mass is 9.72. The summed E-state index contributed by atoms with van der Waals surface area (Å²) in [6.07, 6.45) is -0.0875. The summed E-state index contributed by atoms with van der Waals surface area (Å²) in [5.41, 5.74) is 4.63. The summed E-state index contributed by atoms with van der Waals surface area (Å²) in [7, 11) is -1.72. The maximum atomic E-state index is 13.5. The molecule has 1 fully saturated rings. The van der Waals surface area contributed by atoms with Gasteiger partial charge in [-0.25, -0.2) is 9.59 Å². The number of imide groups is 1. The number of urea groups is 1. The number of carboxylic acids is 1. The summed E-state index contributed by atoms with van der Waals surface area (Å²) in [5.74, 6) is -6.42. The molecule has 0 unspecified atom stereocenters. The van der Waals surface area contributed by atoms with Crippen molar-refractivity contribution in [3.63, 3.8) is 0 Å². The quantitative estimate of drug-likeness (QED) is 0.0899. The van der Waals surface area contributed by atoms with Crippen LogP contribution in [0.1, 0.15) is 27.5 Å². The second-order valence-corrected chi connectivity index (χ2v) is 9.35. The fraction of sp³-hybridized carbons (Fsp3) is 0.292. The molecule has 17 nitrogen and oxygen atoms in total. The Morgan fingerprint density at radius 2 is 1.93 bits per heavy atom. The Balaban J connectivity index is 1.61. The van der Waals surface area contributed by atoms with Crippen LogP contribution in [0.5, 0.6) is 11.5 Å². The maximum absolute atomic E-state index is 13.5. The molecule has 1 saturated heterocycles. The third-order valence-corrected chi connectivity index (χ3v) is 6.69. The summed E-state index contributed by atoms with van der Waals surface area (Å²) in [4.78, 5) is 75.4. The lowest BCUT2D eigenvalue weighted by molar-refractivity contribution is -0.385. The number of fused-ring (bicyclic) bond motifs is 1. The molecule has 2 atom stereocenters. The van der Waals surface area contributed by atoms with Gasteiger partial charge in [-0.1, -0.05) is 18.2 Å². The van der Waals surface area contributed by atoms with E-state index < -0.39 is 65.2 Å². The molecular formula is C24H25BN6O11. The Labute approximate surface area is 237 Å². The molecule has 7 N–H and O–H groups in total. The number of aromatic carboxylic acids is 1. The molecule has 2 aliphatic rings. The number of rotatable bonds is 8. The smallest absolute Gasteiger partial charge is 0.534 e. The third kappa shape index (κ3) is 5.93. The number of phenolic OH excluding ortho intramolecular Hbond substituents is 1. The molecule has 5 amide bonds. The van der Waals surface area contributed by atoms with Gasteiger partial charge in [-0.05, 0) is 29.7 Å². The van der Waals surface area contributed by atoms with Gasteiger partial charge in [0.1, 0.15) is 11.8 Å². The molecule has 0 aliphatic carbocycles. The number of nitro groups is 1. The van der Waals surface area contributed by atoms with E-state index in [2.05, 4.69) is 10.6 Å². The number of carbonyl (C=O) groups is 5. The minimum absolute atomic E-state index is 0.0138. The van der Waals surface area contributed by atoms with Gasteiger partial charge in [0.05, 0.1) is 16.4 Å². The average molecular weight is 584 g/mol. The van der Waals surface area contributed by atoms with Crippen LogP contribution in [0.15, 0.2) is 36.4 Å². The maximum Gasteiger partial charge on any atom is 0.547 e. The molecular weight excluding hydrogens is 559 g/mol. The van der Waals surface area contributed by atoms with Crippen molar-refractivity contribution in [2.75, 3.05) is 26.2 Å². The molecule has 2 aromatic carbocycles. The highest BCUT2D eigenvalue weighted by atomic mass is 16.6. The Morgan fingerprint density at radius 1 is 1.19 bits per heavy atom. The normalized spacial score (nSPS) is 17.2. The van der Waals surface area contributed by atoms with Gasteiger partial charge in [0.2, 0.25) is 5.91 Å². The van der Waals surface area contributed by atoms with Crippen molar-refractivity contribution in [2.24, 2.45) is 5.73 Å². The lowest BCUT2D eigenvalue weighted by Crippen LogP contribution is -2.60. The first-order chi connectivity index (χ1) is 19.9. The standard InChI is InChI=1S/C24H25BN6O11/c26-6-7-29-8-9-30(22(35)21(29)34)24(38)28-18(12-4-5-16(32)15(10-12)31(40)41)20(33)27-17-11-13-2-1-3-14(23(36)37)19(13)42-25(17)39/h1-5,10,17-18,32,39H,6-9,11,26H2,(H,27,33)(H,28,38)(H,36,37)/t17-,18-/m0/s1. The van der Waals surface area contributed by atoms with Gasteiger partial charge in [0.15, 0.2) is 5.75 Å². The van der Waals surface area contributed by atoms with Crippen molar-refractivity contribution in [1.29, 1.82) is 0 Å². The average Bonchev–Trinajstić information content (AvgIpc) is 2.94. The van der Waals surface area contributed by atoms with Crippen LogP contribution in [0, 0.1) is 10.1 Å². The van der Waals surface area contributed by atoms with Crippen molar-refractivity contribution in [1.82, 2.24) is 20.4 Å². The summed E-state index contributed by atoms with van der Waals surface area (Å²) in [5, 5.41) is 46.0. The number of benzene rings is 2. The zero-order valence-corrected chi connectivity index (χ0v) is 21.8. The molecule has 0 saturated carbocycles. The minimum Gasteiger partial charge on any atom is -0.534 e. The largest absolute Gasteiger partial charge is 0.547 e. The van der Waals surface area contributed by atoms with E-state index in [1.807, 2.05) is 0 Å². The minimum atomic E-state index is -1.72. The van der Waals surface area contributed by atoms with Crippen molar-refractivity contribution in [3.05, 3.63) is 63.2 Å². The topological polar surface area (TPSA) is 255 Å². The van der Waals surface area contributed by atoms with Crippen LogP contribution in [0.4, 0.5) is 10.5 Å². The molecule has 220 valence electrons. The predicted octanol–water partition coefficient (Wildman–Crippen LogP) is -1.48. The first kappa shape index (κ1) is 29.8. The van der Waals surface area contributed by atoms with E-state index in [0.29, 0.717) is 10.5 Å². The van der Waals surface area contributed by atoms with E-state index in [0.717, 1.165) is 23.1 Å². The number of hydrogen-bond donors (Lipinski definition) is 6. The van der Waals surface area contributed by atoms with Crippen molar-refractivity contribution in [3.8, 4) is 11.5 Å². The van der Waals surface area contributed by atoms with Gasteiger partial charge in [-0.15, -0.1) is 0 Å². The number of hydrogen-bond acceptors (Lipinski definition) is 11. The number of nitrogens with zero attached hydrogens (tertiary/aromatic N) is 3. The van der Waals surface area contributed by atoms with Gasteiger partial charge in [-0.3, -0.25) is 29.4 Å². The number of carbonyl (C=O) groups excluding carboxylic acids is 4. The first-order valence-corrected chi connectivity index (χ1v) is 12.5. The summed E-state index contributed by atoms with van der Waals surface area (Å²) >= 11 is 0. The predicted molar refractivity (Wildman–Crippen MR) is 141 cm³/mol. The number of aromatic hydroxyl groups is 1. The van der Waals surface area contributed by atoms with E-state index in [4.69, 9.17) is 10.4 Å². The number of nitrogens with two attached hydrogens (primary N) is 1. The Hall–Kier alpha value is -5.23. The van der Waals surface area contributed by atoms with Crippen LogP contribution in [0.3, 0.4) is 0 Å². The van der Waals surface area contributed by atoms with E-state index in [1.165, 1.54) is 18.2 Å². The number of piperazine rings is 1. The summed E-state index contributed by atoms with van der Waals surface area (Å²) in [6.45, 7) is -0.0601. The van der Waals surface area contributed by atoms with Gasteiger partial charge >= 0.3 is 36.6 Å². The Morgan fingerprint density at radius 3 is 2.60 bits per heavy atom. The molecule has 0 bridgehead atoms. The van der Waals surface area contributed by atoms with Crippen LogP contribution < -0.4 is 21.0 Å². The Bertz CT molecular complexity index is 1470. The van der Waals surface area contributed by atoms with Gasteiger partial charge in [0, 0.05) is 32.2 Å². The van der Waals surface area contributed by atoms with Crippen molar-refractivity contribution < 1.29 is 48.8 Å². The van der Waals surface area contributed by atoms with E-state index >= 15 is 0 Å². The van der Waals surface area contributed by atoms with E-state index in [9.17, 15) is 49.3 Å². The number of amides is 5. The van der Waals surface area contributed by atoms with Crippen molar-refractivity contribution in [2.45, 2.75) is 18.4 Å². The number of para-hydroxylation sites is 1. The third-order valence-electron chi connectivity index (χ3n) is 6.69. The van der Waals surface area contributed by atoms with Crippen LogP contribution in [-0.2, 0) is 20.8 Å². The van der Waals surface area contributed by atoms with Crippen LogP contribution in [0.2, 0.25) is 0 Å². The molecule has 4 rings (SSSR count). The van der Waals surface area contributed by atoms with E-state index in [-0.39, 0.29) is 49.5 Å². The van der Waals surface area contributed by atoms with Crippen LogP contribution >= 0.6 is 0 Å². The molecule has 2 aromatic rings. The first-order valence-electron chi connectivity index (χ1n) is 12.5. The highest BCUT2D eigenvalue weighted by Crippen LogP contribution is 2.32. The lowest BCUT2D eigenvalue weighted by Gasteiger charge is -2.33. The highest BCUT2D eigenvalue weighted by Gasteiger charge is 2.41. The van der Waals surface area contributed by atoms with E-state index in [1.54, 1.807) is 0 Å². The zero-order valence-electron chi connectivity index (χ0n) is 21.8. The van der Waals surface area contributed by atoms with Gasteiger partial charge < -0.3 is 41.2 Å². The molecule has 0 spiro atoms. The molecule has 2 aliphatic heterocycles. The Kier molecular flexibility index (Phi) is 8.58. The molecule has 2 heterocycles. The summed E-state index contributed by atoms with van der Waals surface area (Å²) < 4.78 is 5.37.